The maximum absolute atomic E-state index is 12.9. The number of rotatable bonds is 2. The monoisotopic (exact) mass is 301 g/mol. The van der Waals surface area contributed by atoms with E-state index in [1.165, 1.54) is 22.5 Å². The molecule has 1 aromatic carbocycles. The fourth-order valence-corrected chi connectivity index (χ4v) is 3.88. The third-order valence-corrected chi connectivity index (χ3v) is 5.06. The number of hydrogen-bond donors (Lipinski definition) is 1. The summed E-state index contributed by atoms with van der Waals surface area (Å²) in [6.45, 7) is 4.99. The largest absolute Gasteiger partial charge is 0.329 e. The first kappa shape index (κ1) is 14.2. The molecule has 0 spiro atoms. The Hall–Kier alpha value is -1.72. The maximum Gasteiger partial charge on any atom is 0.266 e. The molecule has 2 N–H and O–H groups in total. The van der Waals surface area contributed by atoms with Crippen molar-refractivity contribution < 1.29 is 4.79 Å². The molecule has 2 aromatic rings. The van der Waals surface area contributed by atoms with Crippen LogP contribution in [-0.2, 0) is 6.42 Å². The molecule has 4 nitrogen and oxygen atoms in total. The summed E-state index contributed by atoms with van der Waals surface area (Å²) in [4.78, 5) is 19.9. The quantitative estimate of drug-likeness (QED) is 0.927. The summed E-state index contributed by atoms with van der Waals surface area (Å²) in [6.07, 6.45) is 0.884. The highest BCUT2D eigenvalue weighted by atomic mass is 32.1. The van der Waals surface area contributed by atoms with Gasteiger partial charge in [-0.2, -0.15) is 0 Å². The van der Waals surface area contributed by atoms with E-state index in [-0.39, 0.29) is 11.9 Å². The number of fused-ring (bicyclic) bond motifs is 1. The molecule has 0 radical (unpaired) electrons. The van der Waals surface area contributed by atoms with Gasteiger partial charge in [0.05, 0.1) is 16.7 Å². The third kappa shape index (κ3) is 2.47. The standard InChI is InChI=1S/C16H19N3OS/c1-10-15(21-11(2)18-10)16(20)19-8-7-12-5-3-4-6-13(12)14(19)9-17/h3-6,14H,7-9,17H2,1-2H3. The molecular formula is C16H19N3OS. The van der Waals surface area contributed by atoms with E-state index in [0.717, 1.165) is 22.0 Å². The van der Waals surface area contributed by atoms with Crippen LogP contribution in [0.15, 0.2) is 24.3 Å². The molecule has 1 aliphatic heterocycles. The van der Waals surface area contributed by atoms with E-state index in [2.05, 4.69) is 17.1 Å². The molecule has 0 bridgehead atoms. The molecule has 21 heavy (non-hydrogen) atoms. The van der Waals surface area contributed by atoms with E-state index in [1.807, 2.05) is 30.9 Å². The van der Waals surface area contributed by atoms with Crippen LogP contribution in [0.1, 0.15) is 37.5 Å². The van der Waals surface area contributed by atoms with Gasteiger partial charge in [-0.15, -0.1) is 11.3 Å². The van der Waals surface area contributed by atoms with Crippen LogP contribution in [0.5, 0.6) is 0 Å². The molecular weight excluding hydrogens is 282 g/mol. The Morgan fingerprint density at radius 2 is 2.19 bits per heavy atom. The van der Waals surface area contributed by atoms with E-state index >= 15 is 0 Å². The van der Waals surface area contributed by atoms with Crippen LogP contribution < -0.4 is 5.73 Å². The Bertz CT molecular complexity index is 680. The van der Waals surface area contributed by atoms with Crippen LogP contribution in [0.4, 0.5) is 0 Å². The van der Waals surface area contributed by atoms with Crippen molar-refractivity contribution in [3.63, 3.8) is 0 Å². The summed E-state index contributed by atoms with van der Waals surface area (Å²) in [5.41, 5.74) is 9.26. The second-order valence-electron chi connectivity index (χ2n) is 5.35. The molecule has 110 valence electrons. The highest BCUT2D eigenvalue weighted by molar-refractivity contribution is 7.13. The van der Waals surface area contributed by atoms with Gasteiger partial charge in [0.25, 0.3) is 5.91 Å². The van der Waals surface area contributed by atoms with Gasteiger partial charge >= 0.3 is 0 Å². The first-order valence-electron chi connectivity index (χ1n) is 7.14. The lowest BCUT2D eigenvalue weighted by molar-refractivity contribution is 0.0672. The van der Waals surface area contributed by atoms with Gasteiger partial charge in [-0.1, -0.05) is 24.3 Å². The van der Waals surface area contributed by atoms with Gasteiger partial charge in [0.2, 0.25) is 0 Å². The molecule has 5 heteroatoms. The van der Waals surface area contributed by atoms with E-state index in [0.29, 0.717) is 13.1 Å². The van der Waals surface area contributed by atoms with Crippen LogP contribution in [0.2, 0.25) is 0 Å². The third-order valence-electron chi connectivity index (χ3n) is 3.99. The van der Waals surface area contributed by atoms with Gasteiger partial charge < -0.3 is 10.6 Å². The van der Waals surface area contributed by atoms with E-state index in [9.17, 15) is 4.79 Å². The Morgan fingerprint density at radius 3 is 2.86 bits per heavy atom. The number of aryl methyl sites for hydroxylation is 2. The van der Waals surface area contributed by atoms with Crippen molar-refractivity contribution in [3.8, 4) is 0 Å². The summed E-state index contributed by atoms with van der Waals surface area (Å²) in [6, 6.07) is 8.22. The summed E-state index contributed by atoms with van der Waals surface area (Å²) < 4.78 is 0. The number of carbonyl (C=O) groups excluding carboxylic acids is 1. The van der Waals surface area contributed by atoms with Gasteiger partial charge in [-0.25, -0.2) is 4.98 Å². The van der Waals surface area contributed by atoms with Crippen molar-refractivity contribution in [3.05, 3.63) is 51.0 Å². The zero-order valence-corrected chi connectivity index (χ0v) is 13.1. The van der Waals surface area contributed by atoms with E-state index in [1.54, 1.807) is 0 Å². The van der Waals surface area contributed by atoms with Crippen LogP contribution in [0.25, 0.3) is 0 Å². The minimum atomic E-state index is -0.0377. The second kappa shape index (κ2) is 5.58. The number of thiazole rings is 1. The number of nitrogens with two attached hydrogens (primary N) is 1. The molecule has 0 fully saturated rings. The van der Waals surface area contributed by atoms with Gasteiger partial charge in [0.15, 0.2) is 0 Å². The van der Waals surface area contributed by atoms with Crippen molar-refractivity contribution in [1.29, 1.82) is 0 Å². The first-order chi connectivity index (χ1) is 10.1. The molecule has 0 aliphatic carbocycles. The maximum atomic E-state index is 12.9. The van der Waals surface area contributed by atoms with Crippen molar-refractivity contribution in [2.45, 2.75) is 26.3 Å². The zero-order chi connectivity index (χ0) is 15.0. The molecule has 1 atom stereocenters. The smallest absolute Gasteiger partial charge is 0.266 e. The zero-order valence-electron chi connectivity index (χ0n) is 12.3. The molecule has 1 aliphatic rings. The highest BCUT2D eigenvalue weighted by Gasteiger charge is 2.31. The normalized spacial score (nSPS) is 17.7. The Labute approximate surface area is 128 Å². The first-order valence-corrected chi connectivity index (χ1v) is 7.96. The van der Waals surface area contributed by atoms with Crippen molar-refractivity contribution in [2.75, 3.05) is 13.1 Å². The number of carbonyl (C=O) groups is 1. The van der Waals surface area contributed by atoms with Gasteiger partial charge in [-0.3, -0.25) is 4.79 Å². The van der Waals surface area contributed by atoms with E-state index in [4.69, 9.17) is 5.73 Å². The van der Waals surface area contributed by atoms with Crippen LogP contribution in [0.3, 0.4) is 0 Å². The fraction of sp³-hybridized carbons (Fsp3) is 0.375. The lowest BCUT2D eigenvalue weighted by Gasteiger charge is -2.36. The SMILES string of the molecule is Cc1nc(C)c(C(=O)N2CCc3ccccc3C2CN)s1. The van der Waals surface area contributed by atoms with Gasteiger partial charge in [0, 0.05) is 13.1 Å². The Morgan fingerprint density at radius 1 is 1.43 bits per heavy atom. The minimum Gasteiger partial charge on any atom is -0.329 e. The fourth-order valence-electron chi connectivity index (χ4n) is 3.01. The average molecular weight is 301 g/mol. The molecule has 1 unspecified atom stereocenters. The van der Waals surface area contributed by atoms with E-state index < -0.39 is 0 Å². The number of amides is 1. The number of benzene rings is 1. The highest BCUT2D eigenvalue weighted by Crippen LogP contribution is 2.31. The summed E-state index contributed by atoms with van der Waals surface area (Å²) in [7, 11) is 0. The van der Waals surface area contributed by atoms with Crippen LogP contribution in [0, 0.1) is 13.8 Å². The Balaban J connectivity index is 1.96. The van der Waals surface area contributed by atoms with Crippen molar-refractivity contribution in [1.82, 2.24) is 9.88 Å². The summed E-state index contributed by atoms with van der Waals surface area (Å²) in [5, 5.41) is 0.928. The number of nitrogens with zero attached hydrogens (tertiary/aromatic N) is 2. The molecule has 1 aromatic heterocycles. The molecule has 1 amide bonds. The topological polar surface area (TPSA) is 59.2 Å². The van der Waals surface area contributed by atoms with Crippen molar-refractivity contribution in [2.24, 2.45) is 5.73 Å². The summed E-state index contributed by atoms with van der Waals surface area (Å²) >= 11 is 1.47. The average Bonchev–Trinajstić information content (AvgIpc) is 2.84. The van der Waals surface area contributed by atoms with Crippen molar-refractivity contribution >= 4 is 17.2 Å². The number of aromatic nitrogens is 1. The second-order valence-corrected chi connectivity index (χ2v) is 6.55. The molecule has 3 rings (SSSR count). The molecule has 0 saturated carbocycles. The van der Waals surface area contributed by atoms with Crippen LogP contribution >= 0.6 is 11.3 Å². The van der Waals surface area contributed by atoms with Gasteiger partial charge in [-0.05, 0) is 31.4 Å². The molecule has 0 saturated heterocycles. The number of hydrogen-bond acceptors (Lipinski definition) is 4. The molecule has 2 heterocycles. The van der Waals surface area contributed by atoms with Gasteiger partial charge in [0.1, 0.15) is 4.88 Å². The predicted octanol–water partition coefficient (Wildman–Crippen LogP) is 2.46. The lowest BCUT2D eigenvalue weighted by Crippen LogP contribution is -2.43. The Kier molecular flexibility index (Phi) is 3.78. The summed E-state index contributed by atoms with van der Waals surface area (Å²) in [5.74, 6) is 0.0584. The lowest BCUT2D eigenvalue weighted by atomic mass is 9.92. The van der Waals surface area contributed by atoms with Crippen LogP contribution in [-0.4, -0.2) is 28.9 Å². The minimum absolute atomic E-state index is 0.0377. The predicted molar refractivity (Wildman–Crippen MR) is 84.6 cm³/mol.